The fourth-order valence-corrected chi connectivity index (χ4v) is 2.10. The second-order valence-electron chi connectivity index (χ2n) is 5.36. The lowest BCUT2D eigenvalue weighted by molar-refractivity contribution is 0.365. The third kappa shape index (κ3) is 3.21. The van der Waals surface area contributed by atoms with Gasteiger partial charge in [-0.2, -0.15) is 0 Å². The lowest BCUT2D eigenvalue weighted by Gasteiger charge is -2.29. The Kier molecular flexibility index (Phi) is 3.45. The molecule has 1 aliphatic rings. The zero-order valence-corrected chi connectivity index (χ0v) is 10.2. The van der Waals surface area contributed by atoms with Crippen LogP contribution in [0.25, 0.3) is 0 Å². The summed E-state index contributed by atoms with van der Waals surface area (Å²) in [7, 11) is 0. The van der Waals surface area contributed by atoms with Crippen LogP contribution in [0.15, 0.2) is 42.5 Å². The smallest absolute Gasteiger partial charge is 0.0253 e. The maximum Gasteiger partial charge on any atom is 0.0253 e. The molecule has 16 heavy (non-hydrogen) atoms. The van der Waals surface area contributed by atoms with Crippen LogP contribution in [0.2, 0.25) is 0 Å². The Hall–Kier alpha value is -1.08. The minimum Gasteiger partial charge on any atom is -0.306 e. The van der Waals surface area contributed by atoms with E-state index in [4.69, 9.17) is 0 Å². The number of rotatable bonds is 3. The second-order valence-corrected chi connectivity index (χ2v) is 5.36. The van der Waals surface area contributed by atoms with Gasteiger partial charge in [0.05, 0.1) is 0 Å². The first kappa shape index (κ1) is 11.4. The molecule has 1 aromatic rings. The van der Waals surface area contributed by atoms with Crippen LogP contribution in [0.1, 0.15) is 32.3 Å². The van der Waals surface area contributed by atoms with Crippen molar-refractivity contribution in [2.75, 3.05) is 0 Å². The van der Waals surface area contributed by atoms with Gasteiger partial charge in [0.1, 0.15) is 0 Å². The number of allylic oxidation sites excluding steroid dienone is 1. The number of hydrogen-bond donors (Lipinski definition) is 1. The van der Waals surface area contributed by atoms with E-state index in [1.165, 1.54) is 18.4 Å². The van der Waals surface area contributed by atoms with E-state index in [2.05, 4.69) is 61.6 Å². The average Bonchev–Trinajstić information content (AvgIpc) is 2.29. The van der Waals surface area contributed by atoms with E-state index >= 15 is 0 Å². The van der Waals surface area contributed by atoms with Crippen molar-refractivity contribution in [2.45, 2.75) is 39.3 Å². The molecule has 0 saturated heterocycles. The molecule has 0 aromatic heterocycles. The van der Waals surface area contributed by atoms with Gasteiger partial charge in [-0.05, 0) is 23.8 Å². The van der Waals surface area contributed by atoms with Gasteiger partial charge in [-0.25, -0.2) is 0 Å². The van der Waals surface area contributed by atoms with Gasteiger partial charge < -0.3 is 5.32 Å². The molecular weight excluding hydrogens is 194 g/mol. The van der Waals surface area contributed by atoms with Crippen molar-refractivity contribution in [2.24, 2.45) is 5.41 Å². The molecule has 0 radical (unpaired) electrons. The van der Waals surface area contributed by atoms with Gasteiger partial charge in [0, 0.05) is 12.6 Å². The number of nitrogens with one attached hydrogen (secondary N) is 1. The molecule has 0 aliphatic heterocycles. The van der Waals surface area contributed by atoms with E-state index in [9.17, 15) is 0 Å². The minimum absolute atomic E-state index is 0.394. The Morgan fingerprint density at radius 2 is 2.00 bits per heavy atom. The highest BCUT2D eigenvalue weighted by atomic mass is 14.9. The van der Waals surface area contributed by atoms with Crippen molar-refractivity contribution in [3.05, 3.63) is 48.0 Å². The third-order valence-corrected chi connectivity index (χ3v) is 3.29. The van der Waals surface area contributed by atoms with Crippen molar-refractivity contribution in [1.82, 2.24) is 5.32 Å². The van der Waals surface area contributed by atoms with Crippen LogP contribution in [-0.4, -0.2) is 6.04 Å². The lowest BCUT2D eigenvalue weighted by Crippen LogP contribution is -2.31. The molecule has 0 saturated carbocycles. The van der Waals surface area contributed by atoms with E-state index in [1.807, 2.05) is 0 Å². The highest BCUT2D eigenvalue weighted by molar-refractivity contribution is 5.15. The summed E-state index contributed by atoms with van der Waals surface area (Å²) in [5, 5.41) is 3.59. The molecule has 2 rings (SSSR count). The van der Waals surface area contributed by atoms with Gasteiger partial charge in [0.25, 0.3) is 0 Å². The topological polar surface area (TPSA) is 12.0 Å². The summed E-state index contributed by atoms with van der Waals surface area (Å²) in [5.74, 6) is 0. The molecule has 0 heterocycles. The highest BCUT2D eigenvalue weighted by Crippen LogP contribution is 2.29. The second kappa shape index (κ2) is 4.84. The van der Waals surface area contributed by atoms with Gasteiger partial charge >= 0.3 is 0 Å². The largest absolute Gasteiger partial charge is 0.306 e. The molecule has 1 N–H and O–H groups in total. The molecule has 1 aromatic carbocycles. The Morgan fingerprint density at radius 1 is 1.25 bits per heavy atom. The minimum atomic E-state index is 0.394. The van der Waals surface area contributed by atoms with Crippen LogP contribution in [0.5, 0.6) is 0 Å². The first-order valence-electron chi connectivity index (χ1n) is 6.12. The first-order chi connectivity index (χ1) is 7.66. The summed E-state index contributed by atoms with van der Waals surface area (Å²) < 4.78 is 0. The number of benzene rings is 1. The maximum absolute atomic E-state index is 3.59. The van der Waals surface area contributed by atoms with E-state index in [1.54, 1.807) is 0 Å². The molecule has 1 atom stereocenters. The van der Waals surface area contributed by atoms with Crippen LogP contribution in [0.3, 0.4) is 0 Å². The molecule has 1 heteroatoms. The summed E-state index contributed by atoms with van der Waals surface area (Å²) in [4.78, 5) is 0. The first-order valence-corrected chi connectivity index (χ1v) is 6.12. The van der Waals surface area contributed by atoms with E-state index in [0.29, 0.717) is 11.5 Å². The van der Waals surface area contributed by atoms with Gasteiger partial charge in [-0.1, -0.05) is 56.3 Å². The summed E-state index contributed by atoms with van der Waals surface area (Å²) >= 11 is 0. The fraction of sp³-hybridized carbons (Fsp3) is 0.467. The Morgan fingerprint density at radius 3 is 2.62 bits per heavy atom. The highest BCUT2D eigenvalue weighted by Gasteiger charge is 2.20. The molecule has 1 unspecified atom stereocenters. The molecule has 1 aliphatic carbocycles. The van der Waals surface area contributed by atoms with E-state index < -0.39 is 0 Å². The molecule has 0 fully saturated rings. The van der Waals surface area contributed by atoms with E-state index in [-0.39, 0.29) is 0 Å². The van der Waals surface area contributed by atoms with E-state index in [0.717, 1.165) is 6.54 Å². The third-order valence-electron chi connectivity index (χ3n) is 3.29. The summed E-state index contributed by atoms with van der Waals surface area (Å²) in [6.07, 6.45) is 7.19. The van der Waals surface area contributed by atoms with Gasteiger partial charge in [-0.15, -0.1) is 0 Å². The van der Waals surface area contributed by atoms with Crippen LogP contribution in [0.4, 0.5) is 0 Å². The molecule has 0 amide bonds. The van der Waals surface area contributed by atoms with Crippen molar-refractivity contribution >= 4 is 0 Å². The molecule has 1 nitrogen and oxygen atoms in total. The molecular formula is C15H21N. The van der Waals surface area contributed by atoms with Crippen LogP contribution < -0.4 is 5.32 Å². The molecule has 0 bridgehead atoms. The molecule has 86 valence electrons. The number of hydrogen-bond acceptors (Lipinski definition) is 1. The Balaban J connectivity index is 1.84. The van der Waals surface area contributed by atoms with Crippen LogP contribution >= 0.6 is 0 Å². The lowest BCUT2D eigenvalue weighted by atomic mass is 9.81. The van der Waals surface area contributed by atoms with Crippen LogP contribution in [0, 0.1) is 5.41 Å². The zero-order valence-electron chi connectivity index (χ0n) is 10.2. The normalized spacial score (nSPS) is 23.2. The Labute approximate surface area is 98.6 Å². The average molecular weight is 215 g/mol. The SMILES string of the molecule is CC1(C)C=CC(NCc2ccccc2)CC1. The fourth-order valence-electron chi connectivity index (χ4n) is 2.10. The Bertz CT molecular complexity index is 351. The van der Waals surface area contributed by atoms with Gasteiger partial charge in [0.15, 0.2) is 0 Å². The monoisotopic (exact) mass is 215 g/mol. The molecule has 0 spiro atoms. The van der Waals surface area contributed by atoms with Crippen molar-refractivity contribution in [3.63, 3.8) is 0 Å². The maximum atomic E-state index is 3.59. The zero-order chi connectivity index (χ0) is 11.4. The standard InChI is InChI=1S/C15H21N/c1-15(2)10-8-14(9-11-15)16-12-13-6-4-3-5-7-13/h3-8,10,14,16H,9,11-12H2,1-2H3. The van der Waals surface area contributed by atoms with Crippen molar-refractivity contribution < 1.29 is 0 Å². The summed E-state index contributed by atoms with van der Waals surface area (Å²) in [6, 6.07) is 11.1. The van der Waals surface area contributed by atoms with Gasteiger partial charge in [-0.3, -0.25) is 0 Å². The van der Waals surface area contributed by atoms with Crippen LogP contribution in [-0.2, 0) is 6.54 Å². The quantitative estimate of drug-likeness (QED) is 0.761. The van der Waals surface area contributed by atoms with Crippen molar-refractivity contribution in [1.29, 1.82) is 0 Å². The van der Waals surface area contributed by atoms with Gasteiger partial charge in [0.2, 0.25) is 0 Å². The summed E-state index contributed by atoms with van der Waals surface area (Å²) in [5.41, 5.74) is 1.76. The summed E-state index contributed by atoms with van der Waals surface area (Å²) in [6.45, 7) is 5.57. The van der Waals surface area contributed by atoms with Crippen molar-refractivity contribution in [3.8, 4) is 0 Å². The predicted molar refractivity (Wildman–Crippen MR) is 69.2 cm³/mol. The predicted octanol–water partition coefficient (Wildman–Crippen LogP) is 3.52.